The number of carbonyl (C=O) groups is 3. The van der Waals surface area contributed by atoms with Gasteiger partial charge in [0.25, 0.3) is 0 Å². The fourth-order valence-corrected chi connectivity index (χ4v) is 1.89. The Labute approximate surface area is 98.1 Å². The lowest BCUT2D eigenvalue weighted by Gasteiger charge is -2.25. The Balaban J connectivity index is 2.56. The Bertz CT molecular complexity index is 335. The van der Waals surface area contributed by atoms with Crippen LogP contribution in [0.4, 0.5) is 0 Å². The van der Waals surface area contributed by atoms with E-state index in [1.54, 1.807) is 0 Å². The van der Waals surface area contributed by atoms with Crippen LogP contribution in [0.1, 0.15) is 25.7 Å². The molecule has 94 valence electrons. The highest BCUT2D eigenvalue weighted by molar-refractivity contribution is 5.83. The quantitative estimate of drug-likeness (QED) is 0.452. The van der Waals surface area contributed by atoms with Crippen LogP contribution in [0.3, 0.4) is 0 Å². The first-order valence-electron chi connectivity index (χ1n) is 5.33. The van der Waals surface area contributed by atoms with Gasteiger partial charge in [0.2, 0.25) is 0 Å². The zero-order valence-corrected chi connectivity index (χ0v) is 9.26. The fourth-order valence-electron chi connectivity index (χ4n) is 1.89. The average Bonchev–Trinajstić information content (AvgIpc) is 2.35. The van der Waals surface area contributed by atoms with Gasteiger partial charge in [-0.05, 0) is 12.8 Å². The van der Waals surface area contributed by atoms with Gasteiger partial charge < -0.3 is 5.11 Å². The molecular formula is C11H14O6. The van der Waals surface area contributed by atoms with Crippen molar-refractivity contribution in [3.05, 3.63) is 12.7 Å². The lowest BCUT2D eigenvalue weighted by atomic mass is 9.79. The third-order valence-electron chi connectivity index (χ3n) is 2.76. The predicted molar refractivity (Wildman–Crippen MR) is 55.5 cm³/mol. The minimum atomic E-state index is -1.03. The number of rotatable bonds is 3. The van der Waals surface area contributed by atoms with Crippen molar-refractivity contribution in [3.8, 4) is 0 Å². The summed E-state index contributed by atoms with van der Waals surface area (Å²) >= 11 is 0. The first-order chi connectivity index (χ1) is 8.06. The molecular weight excluding hydrogens is 228 g/mol. The van der Waals surface area contributed by atoms with Gasteiger partial charge in [0.05, 0.1) is 11.8 Å². The van der Waals surface area contributed by atoms with Gasteiger partial charge in [-0.15, -0.1) is 0 Å². The Morgan fingerprint density at radius 2 is 1.71 bits per heavy atom. The molecule has 0 heterocycles. The third-order valence-corrected chi connectivity index (χ3v) is 2.76. The topological polar surface area (TPSA) is 89.9 Å². The monoisotopic (exact) mass is 242 g/mol. The molecule has 0 radical (unpaired) electrons. The summed E-state index contributed by atoms with van der Waals surface area (Å²) in [7, 11) is 0. The zero-order valence-electron chi connectivity index (χ0n) is 9.26. The number of carboxylic acids is 1. The number of aliphatic carboxylic acids is 1. The van der Waals surface area contributed by atoms with Crippen molar-refractivity contribution in [2.75, 3.05) is 0 Å². The highest BCUT2D eigenvalue weighted by Crippen LogP contribution is 2.31. The smallest absolute Gasteiger partial charge is 0.378 e. The molecule has 6 heteroatoms. The second-order valence-corrected chi connectivity index (χ2v) is 3.84. The van der Waals surface area contributed by atoms with Gasteiger partial charge in [0, 0.05) is 6.08 Å². The molecule has 0 aliphatic heterocycles. The standard InChI is InChI=1S/C11H14O6/c1-2-9(12)16-17-11(15)8-6-4-3-5-7(8)10(13)14/h2,7-8H,1,3-6H2,(H,13,14). The van der Waals surface area contributed by atoms with Crippen molar-refractivity contribution >= 4 is 17.9 Å². The van der Waals surface area contributed by atoms with Crippen molar-refractivity contribution in [2.24, 2.45) is 11.8 Å². The molecule has 0 aromatic heterocycles. The summed E-state index contributed by atoms with van der Waals surface area (Å²) in [4.78, 5) is 41.6. The van der Waals surface area contributed by atoms with E-state index in [2.05, 4.69) is 16.4 Å². The van der Waals surface area contributed by atoms with Crippen LogP contribution in [-0.4, -0.2) is 23.0 Å². The molecule has 1 N–H and O–H groups in total. The Hall–Kier alpha value is -1.85. The largest absolute Gasteiger partial charge is 0.481 e. The van der Waals surface area contributed by atoms with Crippen LogP contribution in [0.2, 0.25) is 0 Å². The number of carboxylic acid groups (broad SMARTS) is 1. The van der Waals surface area contributed by atoms with E-state index >= 15 is 0 Å². The molecule has 1 aliphatic carbocycles. The van der Waals surface area contributed by atoms with Gasteiger partial charge in [-0.3, -0.25) is 4.79 Å². The molecule has 2 unspecified atom stereocenters. The van der Waals surface area contributed by atoms with Crippen LogP contribution in [0.15, 0.2) is 12.7 Å². The molecule has 1 rings (SSSR count). The van der Waals surface area contributed by atoms with E-state index in [1.807, 2.05) is 0 Å². The number of hydrogen-bond donors (Lipinski definition) is 1. The summed E-state index contributed by atoms with van der Waals surface area (Å²) in [6, 6.07) is 0. The molecule has 0 amide bonds. The lowest BCUT2D eigenvalue weighted by Crippen LogP contribution is -2.34. The van der Waals surface area contributed by atoms with Crippen molar-refractivity contribution in [1.82, 2.24) is 0 Å². The molecule has 1 aliphatic rings. The van der Waals surface area contributed by atoms with Crippen molar-refractivity contribution in [1.29, 1.82) is 0 Å². The Morgan fingerprint density at radius 3 is 2.24 bits per heavy atom. The van der Waals surface area contributed by atoms with Gasteiger partial charge in [0.15, 0.2) is 0 Å². The van der Waals surface area contributed by atoms with Gasteiger partial charge in [-0.25, -0.2) is 19.4 Å². The first kappa shape index (κ1) is 13.2. The zero-order chi connectivity index (χ0) is 12.8. The second kappa shape index (κ2) is 6.03. The maximum atomic E-state index is 11.5. The Kier molecular flexibility index (Phi) is 4.68. The van der Waals surface area contributed by atoms with Crippen LogP contribution >= 0.6 is 0 Å². The fraction of sp³-hybridized carbons (Fsp3) is 0.545. The van der Waals surface area contributed by atoms with E-state index in [1.165, 1.54) is 0 Å². The third kappa shape index (κ3) is 3.58. The van der Waals surface area contributed by atoms with Crippen LogP contribution in [0.5, 0.6) is 0 Å². The molecule has 6 nitrogen and oxygen atoms in total. The molecule has 0 aromatic carbocycles. The summed E-state index contributed by atoms with van der Waals surface area (Å²) in [5.74, 6) is -4.24. The minimum Gasteiger partial charge on any atom is -0.481 e. The molecule has 17 heavy (non-hydrogen) atoms. The van der Waals surface area contributed by atoms with E-state index in [0.29, 0.717) is 12.8 Å². The number of carbonyl (C=O) groups excluding carboxylic acids is 2. The van der Waals surface area contributed by atoms with E-state index < -0.39 is 29.7 Å². The van der Waals surface area contributed by atoms with Crippen LogP contribution < -0.4 is 0 Å². The van der Waals surface area contributed by atoms with Gasteiger partial charge >= 0.3 is 17.9 Å². The van der Waals surface area contributed by atoms with Crippen molar-refractivity contribution in [3.63, 3.8) is 0 Å². The average molecular weight is 242 g/mol. The Morgan fingerprint density at radius 1 is 1.12 bits per heavy atom. The van der Waals surface area contributed by atoms with Gasteiger partial charge in [-0.2, -0.15) is 0 Å². The van der Waals surface area contributed by atoms with E-state index in [-0.39, 0.29) is 0 Å². The molecule has 1 fully saturated rings. The lowest BCUT2D eigenvalue weighted by molar-refractivity contribution is -0.260. The highest BCUT2D eigenvalue weighted by atomic mass is 17.2. The summed E-state index contributed by atoms with van der Waals surface area (Å²) in [5.41, 5.74) is 0. The molecule has 0 saturated heterocycles. The van der Waals surface area contributed by atoms with E-state index in [4.69, 9.17) is 5.11 Å². The summed E-state index contributed by atoms with van der Waals surface area (Å²) < 4.78 is 0. The van der Waals surface area contributed by atoms with Gasteiger partial charge in [0.1, 0.15) is 0 Å². The normalized spacial score (nSPS) is 23.5. The second-order valence-electron chi connectivity index (χ2n) is 3.84. The molecule has 1 saturated carbocycles. The molecule has 0 spiro atoms. The molecule has 0 aromatic rings. The van der Waals surface area contributed by atoms with Crippen LogP contribution in [-0.2, 0) is 24.2 Å². The van der Waals surface area contributed by atoms with E-state index in [9.17, 15) is 14.4 Å². The van der Waals surface area contributed by atoms with Crippen molar-refractivity contribution in [2.45, 2.75) is 25.7 Å². The summed E-state index contributed by atoms with van der Waals surface area (Å²) in [6.07, 6.45) is 3.25. The van der Waals surface area contributed by atoms with Crippen LogP contribution in [0.25, 0.3) is 0 Å². The summed E-state index contributed by atoms with van der Waals surface area (Å²) in [5, 5.41) is 8.95. The SMILES string of the molecule is C=CC(=O)OOC(=O)C1CCCCC1C(=O)O. The molecule has 2 atom stereocenters. The van der Waals surface area contributed by atoms with Gasteiger partial charge in [-0.1, -0.05) is 19.4 Å². The van der Waals surface area contributed by atoms with Crippen LogP contribution in [0, 0.1) is 11.8 Å². The maximum absolute atomic E-state index is 11.5. The number of hydrogen-bond acceptors (Lipinski definition) is 5. The highest BCUT2D eigenvalue weighted by Gasteiger charge is 2.37. The predicted octanol–water partition coefficient (Wildman–Crippen LogP) is 1.06. The molecule has 0 bridgehead atoms. The minimum absolute atomic E-state index is 0.432. The summed E-state index contributed by atoms with van der Waals surface area (Å²) in [6.45, 7) is 3.13. The maximum Gasteiger partial charge on any atom is 0.378 e. The van der Waals surface area contributed by atoms with Crippen molar-refractivity contribution < 1.29 is 29.3 Å². The van der Waals surface area contributed by atoms with E-state index in [0.717, 1.165) is 18.9 Å². The first-order valence-corrected chi connectivity index (χ1v) is 5.33.